The molecule has 186 valence electrons. The number of carbonyl (C=O) groups excluding carboxylic acids is 2. The van der Waals surface area contributed by atoms with Crippen LogP contribution in [0.5, 0.6) is 0 Å². The lowest BCUT2D eigenvalue weighted by Gasteiger charge is -2.31. The van der Waals surface area contributed by atoms with Gasteiger partial charge in [-0.3, -0.25) is 9.69 Å². The maximum absolute atomic E-state index is 13.0. The second-order valence-electron chi connectivity index (χ2n) is 9.55. The Balaban J connectivity index is 2.06. The summed E-state index contributed by atoms with van der Waals surface area (Å²) in [4.78, 5) is 42.9. The van der Waals surface area contributed by atoms with E-state index in [4.69, 9.17) is 9.26 Å². The molecule has 2 rings (SSSR count). The number of carboxylic acids is 1. The van der Waals surface area contributed by atoms with E-state index in [-0.39, 0.29) is 24.7 Å². The van der Waals surface area contributed by atoms with Gasteiger partial charge in [0.25, 0.3) is 0 Å². The maximum atomic E-state index is 13.0. The molecule has 2 atom stereocenters. The highest BCUT2D eigenvalue weighted by atomic mass is 16.6. The second-order valence-corrected chi connectivity index (χ2v) is 9.55. The quantitative estimate of drug-likeness (QED) is 0.534. The zero-order valence-corrected chi connectivity index (χ0v) is 20.6. The zero-order valence-electron chi connectivity index (χ0n) is 20.6. The van der Waals surface area contributed by atoms with Crippen molar-refractivity contribution in [3.8, 4) is 11.4 Å². The molecule has 0 radical (unpaired) electrons. The van der Waals surface area contributed by atoms with Gasteiger partial charge in [0.15, 0.2) is 0 Å². The van der Waals surface area contributed by atoms with Crippen LogP contribution in [0.15, 0.2) is 34.9 Å². The van der Waals surface area contributed by atoms with Gasteiger partial charge in [-0.05, 0) is 39.5 Å². The molecule has 34 heavy (non-hydrogen) atoms. The molecule has 0 aliphatic carbocycles. The van der Waals surface area contributed by atoms with E-state index < -0.39 is 35.7 Å². The number of hydrogen-bond acceptors (Lipinski definition) is 7. The van der Waals surface area contributed by atoms with E-state index >= 15 is 0 Å². The van der Waals surface area contributed by atoms with Crippen LogP contribution < -0.4 is 5.32 Å². The molecule has 1 aromatic heterocycles. The summed E-state index contributed by atoms with van der Waals surface area (Å²) < 4.78 is 10.6. The van der Waals surface area contributed by atoms with Gasteiger partial charge < -0.3 is 19.7 Å². The Bertz CT molecular complexity index is 967. The third-order valence-electron chi connectivity index (χ3n) is 4.91. The van der Waals surface area contributed by atoms with E-state index in [1.165, 1.54) is 11.9 Å². The number of aromatic nitrogens is 2. The SMILES string of the molecule is CC(C)CC(C(=O)NC(CCc1nc(-c2ccccc2)no1)C(=O)O)N(C)C(=O)OC(C)(C)C. The number of carbonyl (C=O) groups is 3. The van der Waals surface area contributed by atoms with E-state index in [9.17, 15) is 19.5 Å². The molecule has 0 bridgehead atoms. The summed E-state index contributed by atoms with van der Waals surface area (Å²) in [5.74, 6) is -1.01. The number of amides is 2. The minimum absolute atomic E-state index is 0.0437. The summed E-state index contributed by atoms with van der Waals surface area (Å²) in [7, 11) is 1.47. The van der Waals surface area contributed by atoms with Crippen LogP contribution in [0.25, 0.3) is 11.4 Å². The first-order valence-electron chi connectivity index (χ1n) is 11.2. The first-order valence-corrected chi connectivity index (χ1v) is 11.2. The van der Waals surface area contributed by atoms with Crippen LogP contribution in [0.4, 0.5) is 4.79 Å². The smallest absolute Gasteiger partial charge is 0.410 e. The van der Waals surface area contributed by atoms with Crippen molar-refractivity contribution in [2.24, 2.45) is 5.92 Å². The Morgan fingerprint density at radius 2 is 1.82 bits per heavy atom. The molecule has 0 saturated carbocycles. The van der Waals surface area contributed by atoms with Crippen molar-refractivity contribution in [3.63, 3.8) is 0 Å². The average Bonchev–Trinajstić information content (AvgIpc) is 3.22. The van der Waals surface area contributed by atoms with Crippen molar-refractivity contribution < 1.29 is 28.8 Å². The predicted octanol–water partition coefficient (Wildman–Crippen LogP) is 3.52. The Hall–Kier alpha value is -3.43. The van der Waals surface area contributed by atoms with Crippen molar-refractivity contribution in [2.45, 2.75) is 71.6 Å². The van der Waals surface area contributed by atoms with Gasteiger partial charge in [0.05, 0.1) is 0 Å². The Morgan fingerprint density at radius 3 is 2.38 bits per heavy atom. The average molecular weight is 475 g/mol. The van der Waals surface area contributed by atoms with Crippen molar-refractivity contribution in [1.29, 1.82) is 0 Å². The number of hydrogen-bond donors (Lipinski definition) is 2. The number of aryl methyl sites for hydroxylation is 1. The third kappa shape index (κ3) is 8.17. The number of benzene rings is 1. The van der Waals surface area contributed by atoms with Crippen molar-refractivity contribution in [1.82, 2.24) is 20.4 Å². The molecule has 0 fully saturated rings. The molecule has 0 aliphatic rings. The molecule has 1 aromatic carbocycles. The van der Waals surface area contributed by atoms with E-state index in [2.05, 4.69) is 15.5 Å². The third-order valence-corrected chi connectivity index (χ3v) is 4.91. The summed E-state index contributed by atoms with van der Waals surface area (Å²) >= 11 is 0. The molecule has 2 N–H and O–H groups in total. The van der Waals surface area contributed by atoms with Gasteiger partial charge in [0, 0.05) is 19.0 Å². The first kappa shape index (κ1) is 26.8. The number of nitrogens with one attached hydrogen (secondary N) is 1. The molecule has 10 nitrogen and oxygen atoms in total. The fourth-order valence-corrected chi connectivity index (χ4v) is 3.20. The van der Waals surface area contributed by atoms with Gasteiger partial charge in [-0.25, -0.2) is 9.59 Å². The molecule has 2 amide bonds. The first-order chi connectivity index (χ1) is 15.9. The molecule has 0 spiro atoms. The van der Waals surface area contributed by atoms with Gasteiger partial charge >= 0.3 is 12.1 Å². The summed E-state index contributed by atoms with van der Waals surface area (Å²) in [6, 6.07) is 7.17. The van der Waals surface area contributed by atoms with Crippen molar-refractivity contribution >= 4 is 18.0 Å². The second kappa shape index (κ2) is 11.6. The number of likely N-dealkylation sites (N-methyl/N-ethyl adjacent to an activating group) is 1. The maximum Gasteiger partial charge on any atom is 0.410 e. The topological polar surface area (TPSA) is 135 Å². The van der Waals surface area contributed by atoms with Crippen LogP contribution in [-0.4, -0.2) is 62.8 Å². The summed E-state index contributed by atoms with van der Waals surface area (Å²) in [5.41, 5.74) is 0.0542. The Labute approximate surface area is 199 Å². The lowest BCUT2D eigenvalue weighted by molar-refractivity contribution is -0.142. The Morgan fingerprint density at radius 1 is 1.18 bits per heavy atom. The minimum atomic E-state index is -1.20. The van der Waals surface area contributed by atoms with Gasteiger partial charge in [-0.2, -0.15) is 4.98 Å². The zero-order chi connectivity index (χ0) is 25.5. The van der Waals surface area contributed by atoms with Gasteiger partial charge in [-0.15, -0.1) is 0 Å². The number of aliphatic carboxylic acids is 1. The lowest BCUT2D eigenvalue weighted by atomic mass is 10.0. The fraction of sp³-hybridized carbons (Fsp3) is 0.542. The van der Waals surface area contributed by atoms with Crippen molar-refractivity contribution in [3.05, 3.63) is 36.2 Å². The van der Waals surface area contributed by atoms with Crippen LogP contribution in [-0.2, 0) is 20.7 Å². The largest absolute Gasteiger partial charge is 0.480 e. The van der Waals surface area contributed by atoms with Gasteiger partial charge in [-0.1, -0.05) is 49.3 Å². The van der Waals surface area contributed by atoms with Crippen LogP contribution in [0.2, 0.25) is 0 Å². The lowest BCUT2D eigenvalue weighted by Crippen LogP contribution is -2.53. The Kier molecular flexibility index (Phi) is 9.17. The van der Waals surface area contributed by atoms with Gasteiger partial charge in [0.1, 0.15) is 17.7 Å². The standard InChI is InChI=1S/C24H34N4O6/c1-15(2)14-18(28(6)23(32)33-24(3,4)5)21(29)25-17(22(30)31)12-13-19-26-20(27-34-19)16-10-8-7-9-11-16/h7-11,15,17-18H,12-14H2,1-6H3,(H,25,29)(H,30,31). The highest BCUT2D eigenvalue weighted by Gasteiger charge is 2.33. The van der Waals surface area contributed by atoms with Crippen LogP contribution >= 0.6 is 0 Å². The monoisotopic (exact) mass is 474 g/mol. The van der Waals surface area contributed by atoms with Crippen LogP contribution in [0, 0.1) is 5.92 Å². The highest BCUT2D eigenvalue weighted by Crippen LogP contribution is 2.18. The number of ether oxygens (including phenoxy) is 1. The summed E-state index contributed by atoms with van der Waals surface area (Å²) in [6.45, 7) is 9.03. The summed E-state index contributed by atoms with van der Waals surface area (Å²) in [5, 5.41) is 16.1. The summed E-state index contributed by atoms with van der Waals surface area (Å²) in [6.07, 6.45) is -0.104. The molecular weight excluding hydrogens is 440 g/mol. The van der Waals surface area contributed by atoms with Gasteiger partial charge in [0.2, 0.25) is 17.6 Å². The number of carboxylic acid groups (broad SMARTS) is 1. The molecule has 10 heteroatoms. The van der Waals surface area contributed by atoms with E-state index in [0.717, 1.165) is 5.56 Å². The molecule has 1 heterocycles. The van der Waals surface area contributed by atoms with E-state index in [0.29, 0.717) is 12.2 Å². The number of nitrogens with zero attached hydrogens (tertiary/aromatic N) is 3. The molecular formula is C24H34N4O6. The van der Waals surface area contributed by atoms with Crippen LogP contribution in [0.3, 0.4) is 0 Å². The van der Waals surface area contributed by atoms with E-state index in [1.54, 1.807) is 20.8 Å². The van der Waals surface area contributed by atoms with E-state index in [1.807, 2.05) is 44.2 Å². The normalized spacial score (nSPS) is 13.3. The molecule has 0 aliphatic heterocycles. The highest BCUT2D eigenvalue weighted by molar-refractivity contribution is 5.89. The molecule has 2 aromatic rings. The molecule has 2 unspecified atom stereocenters. The van der Waals surface area contributed by atoms with Crippen LogP contribution in [0.1, 0.15) is 53.4 Å². The molecule has 0 saturated heterocycles. The minimum Gasteiger partial charge on any atom is -0.480 e. The number of rotatable bonds is 10. The van der Waals surface area contributed by atoms with Crippen molar-refractivity contribution in [2.75, 3.05) is 7.05 Å². The predicted molar refractivity (Wildman–Crippen MR) is 125 cm³/mol. The fourth-order valence-electron chi connectivity index (χ4n) is 3.20.